The molecule has 0 spiro atoms. The maximum absolute atomic E-state index is 5.88. The van der Waals surface area contributed by atoms with Crippen molar-refractivity contribution in [3.8, 4) is 0 Å². The monoisotopic (exact) mass is 209 g/mol. The van der Waals surface area contributed by atoms with Gasteiger partial charge in [0.05, 0.1) is 6.10 Å². The van der Waals surface area contributed by atoms with E-state index < -0.39 is 0 Å². The zero-order valence-electron chi connectivity index (χ0n) is 9.74. The molecule has 2 N–H and O–H groups in total. The van der Waals surface area contributed by atoms with E-state index in [4.69, 9.17) is 10.5 Å². The molecule has 0 aromatic rings. The Morgan fingerprint density at radius 3 is 1.93 bits per heavy atom. The van der Waals surface area contributed by atoms with E-state index >= 15 is 0 Å². The summed E-state index contributed by atoms with van der Waals surface area (Å²) < 4.78 is 5.66. The van der Waals surface area contributed by atoms with Gasteiger partial charge in [-0.2, -0.15) is 0 Å². The standard InChI is InChI=1S/C13H23NO/c1-15-12(8-14)13-5-9-2-10(6-13)4-11(3-9)7-13/h9-12H,2-8,14H2,1H3. The summed E-state index contributed by atoms with van der Waals surface area (Å²) in [4.78, 5) is 0. The Kier molecular flexibility index (Phi) is 2.33. The number of hydrogen-bond acceptors (Lipinski definition) is 2. The Bertz CT molecular complexity index is 212. The lowest BCUT2D eigenvalue weighted by atomic mass is 9.48. The van der Waals surface area contributed by atoms with Crippen molar-refractivity contribution in [2.75, 3.05) is 13.7 Å². The molecule has 2 nitrogen and oxygen atoms in total. The van der Waals surface area contributed by atoms with Crippen LogP contribution in [0.25, 0.3) is 0 Å². The first kappa shape index (κ1) is 10.1. The van der Waals surface area contributed by atoms with E-state index in [0.29, 0.717) is 18.1 Å². The molecule has 0 saturated heterocycles. The first-order valence-electron chi connectivity index (χ1n) is 6.48. The van der Waals surface area contributed by atoms with E-state index in [9.17, 15) is 0 Å². The lowest BCUT2D eigenvalue weighted by molar-refractivity contribution is -0.128. The van der Waals surface area contributed by atoms with Crippen LogP contribution in [0.3, 0.4) is 0 Å². The molecule has 0 aromatic heterocycles. The molecule has 0 heterocycles. The van der Waals surface area contributed by atoms with Gasteiger partial charge < -0.3 is 10.5 Å². The minimum atomic E-state index is 0.325. The molecule has 4 fully saturated rings. The average Bonchev–Trinajstić information content (AvgIpc) is 2.16. The normalized spacial score (nSPS) is 49.6. The molecule has 4 aliphatic carbocycles. The fourth-order valence-electron chi connectivity index (χ4n) is 5.17. The molecule has 4 rings (SSSR count). The first-order valence-corrected chi connectivity index (χ1v) is 6.48. The molecule has 15 heavy (non-hydrogen) atoms. The van der Waals surface area contributed by atoms with Crippen LogP contribution in [0, 0.1) is 23.2 Å². The number of hydrogen-bond donors (Lipinski definition) is 1. The Balaban J connectivity index is 1.86. The second-order valence-corrected chi connectivity index (χ2v) is 6.24. The maximum atomic E-state index is 5.88. The highest BCUT2D eigenvalue weighted by molar-refractivity contribution is 5.04. The molecular formula is C13H23NO. The number of ether oxygens (including phenoxy) is 1. The quantitative estimate of drug-likeness (QED) is 0.773. The van der Waals surface area contributed by atoms with Crippen molar-refractivity contribution in [2.24, 2.45) is 28.9 Å². The Hall–Kier alpha value is -0.0800. The average molecular weight is 209 g/mol. The fraction of sp³-hybridized carbons (Fsp3) is 1.00. The summed E-state index contributed by atoms with van der Waals surface area (Å²) in [5.41, 5.74) is 6.35. The highest BCUT2D eigenvalue weighted by Gasteiger charge is 2.54. The Morgan fingerprint density at radius 2 is 1.60 bits per heavy atom. The summed E-state index contributed by atoms with van der Waals surface area (Å²) in [6, 6.07) is 0. The molecule has 4 bridgehead atoms. The van der Waals surface area contributed by atoms with Gasteiger partial charge in [0, 0.05) is 13.7 Å². The second kappa shape index (κ2) is 3.46. The third kappa shape index (κ3) is 1.45. The van der Waals surface area contributed by atoms with Crippen LogP contribution in [-0.2, 0) is 4.74 Å². The van der Waals surface area contributed by atoms with Crippen molar-refractivity contribution >= 4 is 0 Å². The second-order valence-electron chi connectivity index (χ2n) is 6.24. The van der Waals surface area contributed by atoms with Crippen molar-refractivity contribution in [1.82, 2.24) is 0 Å². The molecular weight excluding hydrogens is 186 g/mol. The van der Waals surface area contributed by atoms with E-state index in [2.05, 4.69) is 0 Å². The van der Waals surface area contributed by atoms with Crippen molar-refractivity contribution in [3.05, 3.63) is 0 Å². The molecule has 1 atom stereocenters. The fourth-order valence-corrected chi connectivity index (χ4v) is 5.17. The molecule has 2 heteroatoms. The molecule has 4 aliphatic rings. The van der Waals surface area contributed by atoms with Gasteiger partial charge in [-0.15, -0.1) is 0 Å². The van der Waals surface area contributed by atoms with E-state index in [1.165, 1.54) is 38.5 Å². The van der Waals surface area contributed by atoms with Crippen LogP contribution < -0.4 is 5.73 Å². The van der Waals surface area contributed by atoms with Gasteiger partial charge >= 0.3 is 0 Å². The Labute approximate surface area is 92.6 Å². The van der Waals surface area contributed by atoms with Gasteiger partial charge in [0.25, 0.3) is 0 Å². The summed E-state index contributed by atoms with van der Waals surface area (Å²) in [6.45, 7) is 0.711. The van der Waals surface area contributed by atoms with Crippen LogP contribution in [0.2, 0.25) is 0 Å². The molecule has 86 valence electrons. The number of rotatable bonds is 3. The molecule has 0 aromatic carbocycles. The van der Waals surface area contributed by atoms with Crippen LogP contribution in [0.15, 0.2) is 0 Å². The largest absolute Gasteiger partial charge is 0.380 e. The van der Waals surface area contributed by atoms with Gasteiger partial charge in [-0.05, 0) is 61.7 Å². The SMILES string of the molecule is COC(CN)C12CC3CC(CC(C3)C1)C2. The molecule has 4 saturated carbocycles. The van der Waals surface area contributed by atoms with Crippen LogP contribution in [0.1, 0.15) is 38.5 Å². The van der Waals surface area contributed by atoms with E-state index in [0.717, 1.165) is 17.8 Å². The summed E-state index contributed by atoms with van der Waals surface area (Å²) >= 11 is 0. The first-order chi connectivity index (χ1) is 7.25. The van der Waals surface area contributed by atoms with Crippen LogP contribution in [-0.4, -0.2) is 19.8 Å². The van der Waals surface area contributed by atoms with Gasteiger partial charge in [-0.25, -0.2) is 0 Å². The highest BCUT2D eigenvalue weighted by atomic mass is 16.5. The summed E-state index contributed by atoms with van der Waals surface area (Å²) in [5.74, 6) is 3.00. The maximum Gasteiger partial charge on any atom is 0.0749 e. The van der Waals surface area contributed by atoms with Crippen molar-refractivity contribution in [2.45, 2.75) is 44.6 Å². The smallest absolute Gasteiger partial charge is 0.0749 e. The van der Waals surface area contributed by atoms with Crippen LogP contribution in [0.4, 0.5) is 0 Å². The van der Waals surface area contributed by atoms with Crippen molar-refractivity contribution < 1.29 is 4.74 Å². The molecule has 0 aliphatic heterocycles. The third-order valence-corrected chi connectivity index (χ3v) is 5.27. The lowest BCUT2D eigenvalue weighted by Gasteiger charge is -2.59. The van der Waals surface area contributed by atoms with Gasteiger partial charge in [0.1, 0.15) is 0 Å². The van der Waals surface area contributed by atoms with Gasteiger partial charge in [-0.1, -0.05) is 0 Å². The Morgan fingerprint density at radius 1 is 1.13 bits per heavy atom. The predicted octanol–water partition coefficient (Wildman–Crippen LogP) is 2.18. The van der Waals surface area contributed by atoms with Crippen molar-refractivity contribution in [1.29, 1.82) is 0 Å². The minimum absolute atomic E-state index is 0.325. The van der Waals surface area contributed by atoms with E-state index in [-0.39, 0.29) is 0 Å². The third-order valence-electron chi connectivity index (χ3n) is 5.27. The van der Waals surface area contributed by atoms with Crippen LogP contribution in [0.5, 0.6) is 0 Å². The van der Waals surface area contributed by atoms with Gasteiger partial charge in [0.15, 0.2) is 0 Å². The summed E-state index contributed by atoms with van der Waals surface area (Å²) in [7, 11) is 1.84. The molecule has 0 radical (unpaired) electrons. The predicted molar refractivity (Wildman–Crippen MR) is 60.5 cm³/mol. The van der Waals surface area contributed by atoms with Gasteiger partial charge in [-0.3, -0.25) is 0 Å². The highest BCUT2D eigenvalue weighted by Crippen LogP contribution is 2.61. The number of nitrogens with two attached hydrogens (primary N) is 1. The lowest BCUT2D eigenvalue weighted by Crippen LogP contribution is -2.54. The number of methoxy groups -OCH3 is 1. The molecule has 0 amide bonds. The minimum Gasteiger partial charge on any atom is -0.380 e. The van der Waals surface area contributed by atoms with Crippen molar-refractivity contribution in [3.63, 3.8) is 0 Å². The summed E-state index contributed by atoms with van der Waals surface area (Å²) in [5, 5.41) is 0. The van der Waals surface area contributed by atoms with E-state index in [1.807, 2.05) is 7.11 Å². The van der Waals surface area contributed by atoms with Crippen LogP contribution >= 0.6 is 0 Å². The topological polar surface area (TPSA) is 35.2 Å². The van der Waals surface area contributed by atoms with Gasteiger partial charge in [0.2, 0.25) is 0 Å². The zero-order valence-corrected chi connectivity index (χ0v) is 9.74. The van der Waals surface area contributed by atoms with E-state index in [1.54, 1.807) is 0 Å². The summed E-state index contributed by atoms with van der Waals surface area (Å²) in [6.07, 6.45) is 9.02. The zero-order chi connectivity index (χ0) is 10.5. The molecule has 1 unspecified atom stereocenters.